The fraction of sp³-hybridized carbons (Fsp3) is 1.00. The summed E-state index contributed by atoms with van der Waals surface area (Å²) < 4.78 is 0. The number of rotatable bonds is 6. The molecule has 0 spiro atoms. The van der Waals surface area contributed by atoms with Crippen LogP contribution in [0.2, 0.25) is 0 Å². The summed E-state index contributed by atoms with van der Waals surface area (Å²) in [7, 11) is 2.20. The first-order valence-electron chi connectivity index (χ1n) is 4.53. The molecule has 0 saturated carbocycles. The van der Waals surface area contributed by atoms with E-state index in [4.69, 9.17) is 0 Å². The van der Waals surface area contributed by atoms with E-state index in [9.17, 15) is 0 Å². The van der Waals surface area contributed by atoms with Crippen molar-refractivity contribution in [3.8, 4) is 0 Å². The Morgan fingerprint density at radius 3 is 2.45 bits per heavy atom. The van der Waals surface area contributed by atoms with Gasteiger partial charge in [0.25, 0.3) is 0 Å². The van der Waals surface area contributed by atoms with Crippen LogP contribution in [-0.2, 0) is 0 Å². The summed E-state index contributed by atoms with van der Waals surface area (Å²) >= 11 is 4.18. The van der Waals surface area contributed by atoms with E-state index in [1.165, 1.54) is 25.8 Å². The van der Waals surface area contributed by atoms with Crippen LogP contribution in [-0.4, -0.2) is 30.3 Å². The molecule has 0 aliphatic carbocycles. The molecule has 1 unspecified atom stereocenters. The molecule has 0 radical (unpaired) electrons. The maximum absolute atomic E-state index is 4.18. The standard InChI is InChI=1S/C9H21NS/c1-4-9(2)10(3)7-5-6-8-11/h9,11H,4-8H2,1-3H3. The highest BCUT2D eigenvalue weighted by molar-refractivity contribution is 7.80. The lowest BCUT2D eigenvalue weighted by Crippen LogP contribution is -2.29. The average Bonchev–Trinajstić information content (AvgIpc) is 2.03. The highest BCUT2D eigenvalue weighted by Gasteiger charge is 2.04. The van der Waals surface area contributed by atoms with Gasteiger partial charge in [0.05, 0.1) is 0 Å². The van der Waals surface area contributed by atoms with Crippen LogP contribution in [0.25, 0.3) is 0 Å². The van der Waals surface area contributed by atoms with Crippen molar-refractivity contribution in [2.75, 3.05) is 19.3 Å². The molecule has 0 N–H and O–H groups in total. The highest BCUT2D eigenvalue weighted by Crippen LogP contribution is 2.02. The number of thiol groups is 1. The third-order valence-electron chi connectivity index (χ3n) is 2.26. The van der Waals surface area contributed by atoms with Gasteiger partial charge >= 0.3 is 0 Å². The smallest absolute Gasteiger partial charge is 0.00612 e. The van der Waals surface area contributed by atoms with Crippen molar-refractivity contribution in [1.82, 2.24) is 4.90 Å². The van der Waals surface area contributed by atoms with Crippen LogP contribution in [0.3, 0.4) is 0 Å². The molecule has 0 amide bonds. The lowest BCUT2D eigenvalue weighted by atomic mass is 10.2. The molecular formula is C9H21NS. The zero-order chi connectivity index (χ0) is 8.69. The van der Waals surface area contributed by atoms with Crippen molar-refractivity contribution in [3.05, 3.63) is 0 Å². The summed E-state index contributed by atoms with van der Waals surface area (Å²) in [5.41, 5.74) is 0. The monoisotopic (exact) mass is 175 g/mol. The molecule has 0 aromatic rings. The topological polar surface area (TPSA) is 3.24 Å². The van der Waals surface area contributed by atoms with Crippen LogP contribution in [0, 0.1) is 0 Å². The van der Waals surface area contributed by atoms with Crippen molar-refractivity contribution in [3.63, 3.8) is 0 Å². The van der Waals surface area contributed by atoms with Crippen molar-refractivity contribution in [1.29, 1.82) is 0 Å². The molecule has 0 aromatic heterocycles. The van der Waals surface area contributed by atoms with E-state index in [0.29, 0.717) is 0 Å². The van der Waals surface area contributed by atoms with Crippen LogP contribution < -0.4 is 0 Å². The minimum atomic E-state index is 0.731. The van der Waals surface area contributed by atoms with Crippen LogP contribution in [0.1, 0.15) is 33.1 Å². The molecule has 2 heteroatoms. The maximum Gasteiger partial charge on any atom is 0.00612 e. The normalized spacial score (nSPS) is 13.9. The first-order valence-corrected chi connectivity index (χ1v) is 5.16. The second-order valence-corrected chi connectivity index (χ2v) is 3.62. The largest absolute Gasteiger partial charge is 0.304 e. The third-order valence-corrected chi connectivity index (χ3v) is 2.58. The fourth-order valence-electron chi connectivity index (χ4n) is 1.01. The van der Waals surface area contributed by atoms with Gasteiger partial charge in [-0.25, -0.2) is 0 Å². The molecule has 0 bridgehead atoms. The van der Waals surface area contributed by atoms with E-state index in [0.717, 1.165) is 11.8 Å². The zero-order valence-corrected chi connectivity index (χ0v) is 8.90. The summed E-state index contributed by atoms with van der Waals surface area (Å²) in [6.45, 7) is 5.73. The molecule has 0 aromatic carbocycles. The molecule has 1 atom stereocenters. The first-order chi connectivity index (χ1) is 5.22. The highest BCUT2D eigenvalue weighted by atomic mass is 32.1. The van der Waals surface area contributed by atoms with Gasteiger partial charge in [-0.05, 0) is 45.5 Å². The number of hydrogen-bond donors (Lipinski definition) is 1. The predicted octanol–water partition coefficient (Wildman–Crippen LogP) is 2.43. The fourth-order valence-corrected chi connectivity index (χ4v) is 1.23. The van der Waals surface area contributed by atoms with Gasteiger partial charge in [-0.1, -0.05) is 6.92 Å². The minimum absolute atomic E-state index is 0.731. The Hall–Kier alpha value is 0.310. The van der Waals surface area contributed by atoms with Gasteiger partial charge in [-0.3, -0.25) is 0 Å². The van der Waals surface area contributed by atoms with E-state index in [-0.39, 0.29) is 0 Å². The SMILES string of the molecule is CCC(C)N(C)CCCCS. The van der Waals surface area contributed by atoms with Gasteiger partial charge in [-0.15, -0.1) is 0 Å². The second kappa shape index (κ2) is 6.99. The van der Waals surface area contributed by atoms with Crippen molar-refractivity contribution in [2.24, 2.45) is 0 Å². The minimum Gasteiger partial charge on any atom is -0.304 e. The summed E-state index contributed by atoms with van der Waals surface area (Å²) in [6, 6.07) is 0.731. The number of nitrogens with zero attached hydrogens (tertiary/aromatic N) is 1. The van der Waals surface area contributed by atoms with Gasteiger partial charge in [-0.2, -0.15) is 12.6 Å². The first kappa shape index (κ1) is 11.3. The molecule has 11 heavy (non-hydrogen) atoms. The van der Waals surface area contributed by atoms with E-state index >= 15 is 0 Å². The Labute approximate surface area is 76.6 Å². The maximum atomic E-state index is 4.18. The van der Waals surface area contributed by atoms with Crippen LogP contribution in [0.5, 0.6) is 0 Å². The Bertz CT molecular complexity index is 85.6. The Morgan fingerprint density at radius 1 is 1.36 bits per heavy atom. The molecule has 0 fully saturated rings. The third kappa shape index (κ3) is 5.57. The Morgan fingerprint density at radius 2 is 2.00 bits per heavy atom. The molecule has 68 valence electrons. The zero-order valence-electron chi connectivity index (χ0n) is 8.01. The molecule has 0 heterocycles. The number of unbranched alkanes of at least 4 members (excludes halogenated alkanes) is 1. The lowest BCUT2D eigenvalue weighted by molar-refractivity contribution is 0.248. The average molecular weight is 175 g/mol. The van der Waals surface area contributed by atoms with Gasteiger partial charge in [0.15, 0.2) is 0 Å². The predicted molar refractivity (Wildman–Crippen MR) is 55.5 cm³/mol. The van der Waals surface area contributed by atoms with Crippen LogP contribution in [0.15, 0.2) is 0 Å². The molecule has 0 aliphatic heterocycles. The molecule has 1 nitrogen and oxygen atoms in total. The van der Waals surface area contributed by atoms with Crippen molar-refractivity contribution < 1.29 is 0 Å². The van der Waals surface area contributed by atoms with Gasteiger partial charge in [0.2, 0.25) is 0 Å². The van der Waals surface area contributed by atoms with E-state index in [1.54, 1.807) is 0 Å². The molecule has 0 rings (SSSR count). The molecule has 0 saturated heterocycles. The number of hydrogen-bond acceptors (Lipinski definition) is 2. The van der Waals surface area contributed by atoms with E-state index in [2.05, 4.69) is 38.4 Å². The summed E-state index contributed by atoms with van der Waals surface area (Å²) in [4.78, 5) is 2.42. The van der Waals surface area contributed by atoms with Gasteiger partial charge in [0, 0.05) is 6.04 Å². The van der Waals surface area contributed by atoms with Crippen LogP contribution >= 0.6 is 12.6 Å². The summed E-state index contributed by atoms with van der Waals surface area (Å²) in [6.07, 6.45) is 3.77. The molecular weight excluding hydrogens is 154 g/mol. The lowest BCUT2D eigenvalue weighted by Gasteiger charge is -2.22. The van der Waals surface area contributed by atoms with E-state index in [1.807, 2.05) is 0 Å². The van der Waals surface area contributed by atoms with E-state index < -0.39 is 0 Å². The summed E-state index contributed by atoms with van der Waals surface area (Å²) in [5.74, 6) is 1.02. The second-order valence-electron chi connectivity index (χ2n) is 3.17. The van der Waals surface area contributed by atoms with Crippen LogP contribution in [0.4, 0.5) is 0 Å². The van der Waals surface area contributed by atoms with Crippen molar-refractivity contribution in [2.45, 2.75) is 39.2 Å². The Balaban J connectivity index is 3.28. The summed E-state index contributed by atoms with van der Waals surface area (Å²) in [5, 5.41) is 0. The Kier molecular flexibility index (Phi) is 7.18. The molecule has 0 aliphatic rings. The van der Waals surface area contributed by atoms with Gasteiger partial charge < -0.3 is 4.90 Å². The quantitative estimate of drug-likeness (QED) is 0.479. The van der Waals surface area contributed by atoms with Crippen molar-refractivity contribution >= 4 is 12.6 Å². The van der Waals surface area contributed by atoms with Gasteiger partial charge in [0.1, 0.15) is 0 Å².